The van der Waals surface area contributed by atoms with Crippen LogP contribution in [-0.2, 0) is 11.3 Å². The van der Waals surface area contributed by atoms with Crippen molar-refractivity contribution in [1.82, 2.24) is 15.2 Å². The molecule has 1 aromatic rings. The molecule has 0 aliphatic carbocycles. The summed E-state index contributed by atoms with van der Waals surface area (Å²) in [6.45, 7) is 5.06. The Labute approximate surface area is 111 Å². The fraction of sp³-hybridized carbons (Fsp3) is 0.667. The molecular weight excluding hydrogens is 248 g/mol. The van der Waals surface area contributed by atoms with Crippen LogP contribution in [0.25, 0.3) is 0 Å². The summed E-state index contributed by atoms with van der Waals surface area (Å²) in [6, 6.07) is 0.431. The predicted molar refractivity (Wildman–Crippen MR) is 72.3 cm³/mol. The minimum Gasteiger partial charge on any atom is -0.369 e. The molecule has 1 aromatic heterocycles. The Bertz CT molecular complexity index is 401. The highest BCUT2D eigenvalue weighted by Gasteiger charge is 2.22. The van der Waals surface area contributed by atoms with Crippen LogP contribution in [0.15, 0.2) is 5.38 Å². The van der Waals surface area contributed by atoms with Crippen LogP contribution < -0.4 is 11.1 Å². The smallest absolute Gasteiger partial charge is 0.231 e. The highest BCUT2D eigenvalue weighted by atomic mass is 32.1. The van der Waals surface area contributed by atoms with Crippen molar-refractivity contribution in [2.45, 2.75) is 32.4 Å². The van der Waals surface area contributed by atoms with Gasteiger partial charge in [-0.15, -0.1) is 11.3 Å². The Morgan fingerprint density at radius 3 is 2.89 bits per heavy atom. The largest absolute Gasteiger partial charge is 0.369 e. The summed E-state index contributed by atoms with van der Waals surface area (Å²) in [5.41, 5.74) is 6.38. The third-order valence-corrected chi connectivity index (χ3v) is 4.04. The van der Waals surface area contributed by atoms with Crippen molar-refractivity contribution < 1.29 is 4.79 Å². The number of nitrogens with one attached hydrogen (secondary N) is 1. The van der Waals surface area contributed by atoms with Crippen LogP contribution in [-0.4, -0.2) is 41.5 Å². The molecule has 0 saturated carbocycles. The highest BCUT2D eigenvalue weighted by Crippen LogP contribution is 2.16. The second kappa shape index (κ2) is 6.26. The molecule has 0 unspecified atom stereocenters. The van der Waals surface area contributed by atoms with E-state index < -0.39 is 0 Å². The number of nitrogens with two attached hydrogens (primary N) is 1. The van der Waals surface area contributed by atoms with E-state index in [9.17, 15) is 4.79 Å². The van der Waals surface area contributed by atoms with Gasteiger partial charge in [-0.2, -0.15) is 0 Å². The van der Waals surface area contributed by atoms with E-state index in [-0.39, 0.29) is 5.91 Å². The zero-order valence-electron chi connectivity index (χ0n) is 10.7. The Kier molecular flexibility index (Phi) is 4.68. The van der Waals surface area contributed by atoms with Gasteiger partial charge in [-0.1, -0.05) is 0 Å². The summed E-state index contributed by atoms with van der Waals surface area (Å²) < 4.78 is 0. The SMILES string of the molecule is Cc1nc(CN(CC(N)=O)C2CCNCC2)cs1. The fourth-order valence-electron chi connectivity index (χ4n) is 2.38. The number of rotatable bonds is 5. The maximum atomic E-state index is 11.2. The molecule has 6 heteroatoms. The van der Waals surface area contributed by atoms with Crippen molar-refractivity contribution in [2.24, 2.45) is 5.73 Å². The molecule has 1 saturated heterocycles. The molecule has 100 valence electrons. The van der Waals surface area contributed by atoms with Gasteiger partial charge in [0.05, 0.1) is 17.2 Å². The van der Waals surface area contributed by atoms with E-state index in [1.807, 2.05) is 6.92 Å². The van der Waals surface area contributed by atoms with E-state index in [1.54, 1.807) is 11.3 Å². The van der Waals surface area contributed by atoms with Gasteiger partial charge in [0.15, 0.2) is 0 Å². The first-order valence-corrected chi connectivity index (χ1v) is 7.17. The molecule has 3 N–H and O–H groups in total. The predicted octanol–water partition coefficient (Wildman–Crippen LogP) is 0.491. The minimum atomic E-state index is -0.263. The molecule has 1 aliphatic rings. The molecule has 0 atom stereocenters. The van der Waals surface area contributed by atoms with E-state index >= 15 is 0 Å². The number of hydrogen-bond donors (Lipinski definition) is 2. The first-order chi connectivity index (χ1) is 8.65. The lowest BCUT2D eigenvalue weighted by molar-refractivity contribution is -0.120. The van der Waals surface area contributed by atoms with Crippen molar-refractivity contribution in [2.75, 3.05) is 19.6 Å². The van der Waals surface area contributed by atoms with Gasteiger partial charge in [-0.05, 0) is 32.9 Å². The third kappa shape index (κ3) is 3.76. The first-order valence-electron chi connectivity index (χ1n) is 6.29. The molecule has 0 spiro atoms. The number of nitrogens with zero attached hydrogens (tertiary/aromatic N) is 2. The number of carbonyl (C=O) groups is 1. The maximum Gasteiger partial charge on any atom is 0.231 e. The Morgan fingerprint density at radius 2 is 2.33 bits per heavy atom. The molecule has 5 nitrogen and oxygen atoms in total. The summed E-state index contributed by atoms with van der Waals surface area (Å²) in [4.78, 5) is 17.8. The zero-order valence-corrected chi connectivity index (χ0v) is 11.5. The number of thiazole rings is 1. The van der Waals surface area contributed by atoms with Gasteiger partial charge in [-0.25, -0.2) is 4.98 Å². The van der Waals surface area contributed by atoms with Crippen molar-refractivity contribution in [3.8, 4) is 0 Å². The van der Waals surface area contributed by atoms with Gasteiger partial charge in [0.1, 0.15) is 0 Å². The highest BCUT2D eigenvalue weighted by molar-refractivity contribution is 7.09. The van der Waals surface area contributed by atoms with E-state index in [0.717, 1.165) is 43.2 Å². The van der Waals surface area contributed by atoms with Crippen LogP contribution in [0.3, 0.4) is 0 Å². The molecule has 18 heavy (non-hydrogen) atoms. The molecule has 2 rings (SSSR count). The zero-order chi connectivity index (χ0) is 13.0. The maximum absolute atomic E-state index is 11.2. The molecule has 0 aromatic carbocycles. The van der Waals surface area contributed by atoms with E-state index in [1.165, 1.54) is 0 Å². The lowest BCUT2D eigenvalue weighted by atomic mass is 10.0. The Balaban J connectivity index is 2.01. The van der Waals surface area contributed by atoms with Gasteiger partial charge in [0.2, 0.25) is 5.91 Å². The third-order valence-electron chi connectivity index (χ3n) is 3.22. The van der Waals surface area contributed by atoms with Crippen LogP contribution in [0.5, 0.6) is 0 Å². The standard InChI is InChI=1S/C12H20N4OS/c1-9-15-10(8-18-9)6-16(7-12(13)17)11-2-4-14-5-3-11/h8,11,14H,2-7H2,1H3,(H2,13,17). The Morgan fingerprint density at radius 1 is 1.61 bits per heavy atom. The van der Waals surface area contributed by atoms with Crippen LogP contribution in [0.2, 0.25) is 0 Å². The minimum absolute atomic E-state index is 0.263. The van der Waals surface area contributed by atoms with Gasteiger partial charge in [-0.3, -0.25) is 9.69 Å². The fourth-order valence-corrected chi connectivity index (χ4v) is 2.98. The molecule has 0 radical (unpaired) electrons. The first kappa shape index (κ1) is 13.5. The average Bonchev–Trinajstić information content (AvgIpc) is 2.75. The van der Waals surface area contributed by atoms with Gasteiger partial charge >= 0.3 is 0 Å². The van der Waals surface area contributed by atoms with Crippen LogP contribution in [0.1, 0.15) is 23.5 Å². The number of aromatic nitrogens is 1. The number of carbonyl (C=O) groups excluding carboxylic acids is 1. The summed E-state index contributed by atoms with van der Waals surface area (Å²) in [6.07, 6.45) is 2.13. The molecule has 0 bridgehead atoms. The van der Waals surface area contributed by atoms with Crippen molar-refractivity contribution in [3.63, 3.8) is 0 Å². The van der Waals surface area contributed by atoms with Crippen molar-refractivity contribution in [1.29, 1.82) is 0 Å². The molecule has 1 amide bonds. The summed E-state index contributed by atoms with van der Waals surface area (Å²) in [5, 5.41) is 6.46. The monoisotopic (exact) mass is 268 g/mol. The summed E-state index contributed by atoms with van der Waals surface area (Å²) >= 11 is 1.65. The van der Waals surface area contributed by atoms with Gasteiger partial charge in [0.25, 0.3) is 0 Å². The number of piperidine rings is 1. The van der Waals surface area contributed by atoms with Gasteiger partial charge < -0.3 is 11.1 Å². The van der Waals surface area contributed by atoms with E-state index in [2.05, 4.69) is 20.6 Å². The van der Waals surface area contributed by atoms with Gasteiger partial charge in [0, 0.05) is 18.0 Å². The molecule has 1 aliphatic heterocycles. The molecular formula is C12H20N4OS. The normalized spacial score (nSPS) is 17.2. The molecule has 1 fully saturated rings. The number of amides is 1. The number of hydrogen-bond acceptors (Lipinski definition) is 5. The van der Waals surface area contributed by atoms with Crippen molar-refractivity contribution >= 4 is 17.2 Å². The summed E-state index contributed by atoms with van der Waals surface area (Å²) in [5.74, 6) is -0.263. The lowest BCUT2D eigenvalue weighted by Gasteiger charge is -2.33. The van der Waals surface area contributed by atoms with Crippen LogP contribution in [0, 0.1) is 6.92 Å². The Hall–Kier alpha value is -0.980. The summed E-state index contributed by atoms with van der Waals surface area (Å²) in [7, 11) is 0. The molecule has 2 heterocycles. The van der Waals surface area contributed by atoms with Crippen LogP contribution in [0.4, 0.5) is 0 Å². The second-order valence-electron chi connectivity index (χ2n) is 4.71. The quantitative estimate of drug-likeness (QED) is 0.815. The average molecular weight is 268 g/mol. The van der Waals surface area contributed by atoms with Crippen LogP contribution >= 0.6 is 11.3 Å². The topological polar surface area (TPSA) is 71.2 Å². The van der Waals surface area contributed by atoms with E-state index in [0.29, 0.717) is 12.6 Å². The number of primary amides is 1. The second-order valence-corrected chi connectivity index (χ2v) is 5.77. The van der Waals surface area contributed by atoms with E-state index in [4.69, 9.17) is 5.73 Å². The number of aryl methyl sites for hydroxylation is 1. The lowest BCUT2D eigenvalue weighted by Crippen LogP contribution is -2.46. The van der Waals surface area contributed by atoms with Crippen molar-refractivity contribution in [3.05, 3.63) is 16.1 Å².